The summed E-state index contributed by atoms with van der Waals surface area (Å²) in [5, 5.41) is 1.14. The molecule has 1 fully saturated rings. The van der Waals surface area contributed by atoms with E-state index in [0.717, 1.165) is 43.6 Å². The first-order valence-corrected chi connectivity index (χ1v) is 9.04. The van der Waals surface area contributed by atoms with E-state index in [4.69, 9.17) is 27.6 Å². The molecule has 0 N–H and O–H groups in total. The lowest BCUT2D eigenvalue weighted by Gasteiger charge is -2.13. The summed E-state index contributed by atoms with van der Waals surface area (Å²) in [5.74, 6) is 2.00. The topological polar surface area (TPSA) is 45.8 Å². The average molecular weight is 375 g/mol. The lowest BCUT2D eigenvalue weighted by molar-refractivity contribution is -0.122. The quantitative estimate of drug-likeness (QED) is 0.659. The molecule has 2 aromatic rings. The van der Waals surface area contributed by atoms with Crippen LogP contribution in [0.2, 0.25) is 10.0 Å². The van der Waals surface area contributed by atoms with E-state index in [0.29, 0.717) is 27.3 Å². The fourth-order valence-corrected chi connectivity index (χ4v) is 3.53. The SMILES string of the molecule is O=C1/C(=C\c2ccc(-c3cc(Cl)ccc3Cl)o2)N=C2CCCCCN12. The predicted molar refractivity (Wildman–Crippen MR) is 99.8 cm³/mol. The number of furan rings is 1. The Labute approximate surface area is 155 Å². The van der Waals surface area contributed by atoms with Crippen molar-refractivity contribution >= 4 is 41.0 Å². The lowest BCUT2D eigenvalue weighted by Crippen LogP contribution is -2.31. The molecule has 4 rings (SSSR count). The second-order valence-corrected chi connectivity index (χ2v) is 6.99. The first kappa shape index (κ1) is 16.4. The third-order valence-corrected chi connectivity index (χ3v) is 4.97. The largest absolute Gasteiger partial charge is 0.457 e. The van der Waals surface area contributed by atoms with Gasteiger partial charge in [-0.25, -0.2) is 4.99 Å². The van der Waals surface area contributed by atoms with Crippen molar-refractivity contribution in [3.63, 3.8) is 0 Å². The molecule has 6 heteroatoms. The Hall–Kier alpha value is -2.04. The molecular formula is C19H16Cl2N2O2. The van der Waals surface area contributed by atoms with Gasteiger partial charge in [-0.2, -0.15) is 0 Å². The van der Waals surface area contributed by atoms with Crippen LogP contribution in [0.15, 0.2) is 45.4 Å². The number of amidine groups is 1. The molecule has 0 bridgehead atoms. The van der Waals surface area contributed by atoms with E-state index >= 15 is 0 Å². The molecule has 128 valence electrons. The van der Waals surface area contributed by atoms with Gasteiger partial charge in [0.15, 0.2) is 0 Å². The molecule has 0 unspecified atom stereocenters. The van der Waals surface area contributed by atoms with Crippen LogP contribution in [-0.2, 0) is 4.79 Å². The van der Waals surface area contributed by atoms with Gasteiger partial charge in [0.25, 0.3) is 5.91 Å². The van der Waals surface area contributed by atoms with Crippen molar-refractivity contribution < 1.29 is 9.21 Å². The van der Waals surface area contributed by atoms with Crippen LogP contribution in [-0.4, -0.2) is 23.2 Å². The Morgan fingerprint density at radius 2 is 2.00 bits per heavy atom. The summed E-state index contributed by atoms with van der Waals surface area (Å²) in [5.41, 5.74) is 1.15. The van der Waals surface area contributed by atoms with Crippen molar-refractivity contribution in [2.75, 3.05) is 6.54 Å². The van der Waals surface area contributed by atoms with Crippen molar-refractivity contribution in [1.82, 2.24) is 4.90 Å². The third kappa shape index (κ3) is 3.24. The van der Waals surface area contributed by atoms with Gasteiger partial charge < -0.3 is 4.42 Å². The zero-order valence-electron chi connectivity index (χ0n) is 13.5. The number of carbonyl (C=O) groups excluding carboxylic acids is 1. The summed E-state index contributed by atoms with van der Waals surface area (Å²) < 4.78 is 5.83. The minimum absolute atomic E-state index is 0.0457. The predicted octanol–water partition coefficient (Wildman–Crippen LogP) is 5.41. The number of carbonyl (C=O) groups is 1. The van der Waals surface area contributed by atoms with Crippen LogP contribution in [0.25, 0.3) is 17.4 Å². The second kappa shape index (κ2) is 6.70. The molecule has 0 radical (unpaired) electrons. The third-order valence-electron chi connectivity index (χ3n) is 4.41. The summed E-state index contributed by atoms with van der Waals surface area (Å²) in [6.07, 6.45) is 5.78. The minimum atomic E-state index is -0.0457. The summed E-state index contributed by atoms with van der Waals surface area (Å²) in [6, 6.07) is 8.83. The van der Waals surface area contributed by atoms with Gasteiger partial charge >= 0.3 is 0 Å². The number of hydrogen-bond donors (Lipinski definition) is 0. The summed E-state index contributed by atoms with van der Waals surface area (Å²) in [6.45, 7) is 0.747. The van der Waals surface area contributed by atoms with Crippen molar-refractivity contribution in [3.8, 4) is 11.3 Å². The number of rotatable bonds is 2. The van der Waals surface area contributed by atoms with Crippen molar-refractivity contribution in [2.45, 2.75) is 25.7 Å². The smallest absolute Gasteiger partial charge is 0.277 e. The van der Waals surface area contributed by atoms with Crippen molar-refractivity contribution in [1.29, 1.82) is 0 Å². The van der Waals surface area contributed by atoms with E-state index in [1.807, 2.05) is 6.07 Å². The molecule has 2 aliphatic heterocycles. The van der Waals surface area contributed by atoms with Crippen LogP contribution in [0.5, 0.6) is 0 Å². The summed E-state index contributed by atoms with van der Waals surface area (Å²) in [4.78, 5) is 18.8. The number of nitrogens with zero attached hydrogens (tertiary/aromatic N) is 2. The zero-order valence-corrected chi connectivity index (χ0v) is 15.0. The number of benzene rings is 1. The highest BCUT2D eigenvalue weighted by Gasteiger charge is 2.30. The Balaban J connectivity index is 1.64. The Morgan fingerprint density at radius 3 is 2.88 bits per heavy atom. The van der Waals surface area contributed by atoms with E-state index in [1.165, 1.54) is 0 Å². The molecule has 3 heterocycles. The zero-order chi connectivity index (χ0) is 17.4. The maximum absolute atomic E-state index is 12.5. The number of fused-ring (bicyclic) bond motifs is 1. The molecule has 0 saturated carbocycles. The van der Waals surface area contributed by atoms with Crippen molar-refractivity contribution in [2.24, 2.45) is 4.99 Å². The maximum atomic E-state index is 12.5. The van der Waals surface area contributed by atoms with Crippen LogP contribution in [0.1, 0.15) is 31.4 Å². The molecule has 1 aromatic carbocycles. The molecule has 4 nitrogen and oxygen atoms in total. The number of aliphatic imine (C=N–C) groups is 1. The van der Waals surface area contributed by atoms with Crippen LogP contribution < -0.4 is 0 Å². The van der Waals surface area contributed by atoms with Gasteiger partial charge in [0.2, 0.25) is 0 Å². The molecule has 1 amide bonds. The first-order valence-electron chi connectivity index (χ1n) is 8.28. The molecule has 2 aliphatic rings. The molecule has 25 heavy (non-hydrogen) atoms. The average Bonchev–Trinajstić information content (AvgIpc) is 3.08. The molecule has 1 saturated heterocycles. The van der Waals surface area contributed by atoms with Gasteiger partial charge in [-0.3, -0.25) is 9.69 Å². The van der Waals surface area contributed by atoms with E-state index in [-0.39, 0.29) is 5.91 Å². The van der Waals surface area contributed by atoms with Gasteiger partial charge in [-0.1, -0.05) is 29.6 Å². The second-order valence-electron chi connectivity index (χ2n) is 6.15. The highest BCUT2D eigenvalue weighted by Crippen LogP contribution is 2.33. The fraction of sp³-hybridized carbons (Fsp3) is 0.263. The van der Waals surface area contributed by atoms with Gasteiger partial charge in [-0.05, 0) is 43.2 Å². The molecular weight excluding hydrogens is 359 g/mol. The van der Waals surface area contributed by atoms with E-state index in [1.54, 1.807) is 35.2 Å². The number of amides is 1. The van der Waals surface area contributed by atoms with Gasteiger partial charge in [0.1, 0.15) is 23.1 Å². The van der Waals surface area contributed by atoms with E-state index in [9.17, 15) is 4.79 Å². The summed E-state index contributed by atoms with van der Waals surface area (Å²) >= 11 is 12.2. The Bertz CT molecular complexity index is 899. The van der Waals surface area contributed by atoms with Crippen LogP contribution in [0, 0.1) is 0 Å². The van der Waals surface area contributed by atoms with Crippen LogP contribution in [0.4, 0.5) is 0 Å². The number of hydrogen-bond acceptors (Lipinski definition) is 3. The van der Waals surface area contributed by atoms with E-state index < -0.39 is 0 Å². The normalized spacial score (nSPS) is 19.1. The van der Waals surface area contributed by atoms with Gasteiger partial charge in [0, 0.05) is 29.6 Å². The Morgan fingerprint density at radius 1 is 1.12 bits per heavy atom. The summed E-state index contributed by atoms with van der Waals surface area (Å²) in [7, 11) is 0. The molecule has 0 atom stereocenters. The molecule has 0 aliphatic carbocycles. The van der Waals surface area contributed by atoms with Crippen LogP contribution in [0.3, 0.4) is 0 Å². The Kier molecular flexibility index (Phi) is 4.40. The van der Waals surface area contributed by atoms with Crippen molar-refractivity contribution in [3.05, 3.63) is 51.8 Å². The van der Waals surface area contributed by atoms with Gasteiger partial charge in [0.05, 0.1) is 5.02 Å². The molecule has 1 aromatic heterocycles. The highest BCUT2D eigenvalue weighted by molar-refractivity contribution is 6.35. The molecule has 0 spiro atoms. The first-order chi connectivity index (χ1) is 12.1. The monoisotopic (exact) mass is 374 g/mol. The van der Waals surface area contributed by atoms with Crippen LogP contribution >= 0.6 is 23.2 Å². The van der Waals surface area contributed by atoms with E-state index in [2.05, 4.69) is 4.99 Å². The fourth-order valence-electron chi connectivity index (χ4n) is 3.14. The standard InChI is InChI=1S/C19H16Cl2N2O2/c20-12-5-7-15(21)14(10-12)17-8-6-13(25-17)11-16-19(24)23-9-3-1-2-4-18(23)22-16/h5-8,10-11H,1-4,9H2/b16-11+. The number of halogens is 2. The lowest BCUT2D eigenvalue weighted by atomic mass is 10.2. The minimum Gasteiger partial charge on any atom is -0.457 e. The maximum Gasteiger partial charge on any atom is 0.277 e. The highest BCUT2D eigenvalue weighted by atomic mass is 35.5. The van der Waals surface area contributed by atoms with Gasteiger partial charge in [-0.15, -0.1) is 0 Å².